The standard InChI is InChI=1S/C30H28FN3O5/c1-4-7-22-14-21(16-26(38-3)28(22)39-18-20-12-10-19(2)11-13-20)15-25-29(36)34(30(37)33-25)17-27(35)32-24-9-6-5-8-23(24)31/h4-6,8-16H,1,7,17-18H2,2-3H3,(H,32,35)(H,33,37)/b25-15+. The van der Waals surface area contributed by atoms with Crippen molar-refractivity contribution < 1.29 is 28.2 Å². The van der Waals surface area contributed by atoms with Crippen LogP contribution in [0.15, 0.2) is 79.0 Å². The molecule has 1 heterocycles. The van der Waals surface area contributed by atoms with Crippen molar-refractivity contribution in [1.29, 1.82) is 0 Å². The maximum atomic E-state index is 13.8. The molecule has 1 aliphatic rings. The minimum Gasteiger partial charge on any atom is -0.493 e. The number of anilines is 1. The summed E-state index contributed by atoms with van der Waals surface area (Å²) in [6, 6.07) is 16.4. The average Bonchev–Trinajstić information content (AvgIpc) is 3.17. The van der Waals surface area contributed by atoms with Gasteiger partial charge in [-0.05, 0) is 54.8 Å². The van der Waals surface area contributed by atoms with Gasteiger partial charge in [0.15, 0.2) is 11.5 Å². The molecule has 4 rings (SSSR count). The zero-order chi connectivity index (χ0) is 27.9. The summed E-state index contributed by atoms with van der Waals surface area (Å²) in [5.41, 5.74) is 3.44. The third-order valence-electron chi connectivity index (χ3n) is 5.97. The molecule has 2 N–H and O–H groups in total. The molecule has 39 heavy (non-hydrogen) atoms. The molecule has 1 aliphatic heterocycles. The molecule has 0 aliphatic carbocycles. The van der Waals surface area contributed by atoms with Crippen molar-refractivity contribution in [3.05, 3.63) is 107 Å². The number of methoxy groups -OCH3 is 1. The molecular formula is C30H28FN3O5. The van der Waals surface area contributed by atoms with E-state index in [4.69, 9.17) is 9.47 Å². The number of para-hydroxylation sites is 1. The largest absolute Gasteiger partial charge is 0.493 e. The number of ether oxygens (including phenoxy) is 2. The van der Waals surface area contributed by atoms with E-state index in [1.165, 1.54) is 31.4 Å². The van der Waals surface area contributed by atoms with Gasteiger partial charge in [0.1, 0.15) is 24.7 Å². The number of rotatable bonds is 10. The van der Waals surface area contributed by atoms with Gasteiger partial charge < -0.3 is 20.1 Å². The maximum absolute atomic E-state index is 13.8. The summed E-state index contributed by atoms with van der Waals surface area (Å²) in [6.07, 6.45) is 3.69. The molecule has 1 saturated heterocycles. The van der Waals surface area contributed by atoms with E-state index in [1.807, 2.05) is 37.3 Å². The van der Waals surface area contributed by atoms with Crippen LogP contribution in [0.4, 0.5) is 14.9 Å². The molecule has 200 valence electrons. The smallest absolute Gasteiger partial charge is 0.329 e. The minimum atomic E-state index is -0.758. The summed E-state index contributed by atoms with van der Waals surface area (Å²) >= 11 is 0. The predicted molar refractivity (Wildman–Crippen MR) is 146 cm³/mol. The number of hydrogen-bond donors (Lipinski definition) is 2. The van der Waals surface area contributed by atoms with Crippen molar-refractivity contribution >= 4 is 29.6 Å². The van der Waals surface area contributed by atoms with Crippen molar-refractivity contribution in [1.82, 2.24) is 10.2 Å². The second kappa shape index (κ2) is 12.1. The van der Waals surface area contributed by atoms with Crippen LogP contribution in [0.3, 0.4) is 0 Å². The number of nitrogens with one attached hydrogen (secondary N) is 2. The number of amides is 4. The summed E-state index contributed by atoms with van der Waals surface area (Å²) < 4.78 is 25.5. The molecule has 0 radical (unpaired) electrons. The van der Waals surface area contributed by atoms with Crippen molar-refractivity contribution in [2.24, 2.45) is 0 Å². The van der Waals surface area contributed by atoms with E-state index in [2.05, 4.69) is 17.2 Å². The Balaban J connectivity index is 1.53. The highest BCUT2D eigenvalue weighted by Gasteiger charge is 2.35. The van der Waals surface area contributed by atoms with E-state index in [-0.39, 0.29) is 11.4 Å². The fourth-order valence-electron chi connectivity index (χ4n) is 4.01. The fourth-order valence-corrected chi connectivity index (χ4v) is 4.01. The molecule has 3 aromatic rings. The summed E-state index contributed by atoms with van der Waals surface area (Å²) in [4.78, 5) is 38.5. The number of benzene rings is 3. The molecule has 0 atom stereocenters. The quantitative estimate of drug-likeness (QED) is 0.219. The second-order valence-corrected chi connectivity index (χ2v) is 8.89. The number of imide groups is 1. The zero-order valence-corrected chi connectivity index (χ0v) is 21.6. The van der Waals surface area contributed by atoms with Gasteiger partial charge in [0, 0.05) is 5.56 Å². The van der Waals surface area contributed by atoms with Crippen molar-refractivity contribution in [3.8, 4) is 11.5 Å². The number of aryl methyl sites for hydroxylation is 1. The first kappa shape index (κ1) is 27.1. The Morgan fingerprint density at radius 3 is 2.56 bits per heavy atom. The van der Waals surface area contributed by atoms with E-state index in [1.54, 1.807) is 18.2 Å². The Kier molecular flexibility index (Phi) is 8.40. The van der Waals surface area contributed by atoms with E-state index < -0.39 is 30.2 Å². The average molecular weight is 530 g/mol. The van der Waals surface area contributed by atoms with Crippen LogP contribution < -0.4 is 20.1 Å². The molecule has 0 aromatic heterocycles. The first-order chi connectivity index (χ1) is 18.8. The van der Waals surface area contributed by atoms with E-state index in [0.717, 1.165) is 21.6 Å². The van der Waals surface area contributed by atoms with Gasteiger partial charge in [-0.2, -0.15) is 0 Å². The number of urea groups is 1. The van der Waals surface area contributed by atoms with Crippen LogP contribution in [0.2, 0.25) is 0 Å². The van der Waals surface area contributed by atoms with Gasteiger partial charge in [-0.1, -0.05) is 48.0 Å². The number of hydrogen-bond acceptors (Lipinski definition) is 5. The summed E-state index contributed by atoms with van der Waals surface area (Å²) in [5, 5.41) is 4.85. The molecule has 9 heteroatoms. The zero-order valence-electron chi connectivity index (χ0n) is 21.6. The van der Waals surface area contributed by atoms with Gasteiger partial charge >= 0.3 is 6.03 Å². The summed E-state index contributed by atoms with van der Waals surface area (Å²) in [7, 11) is 1.51. The lowest BCUT2D eigenvalue weighted by Crippen LogP contribution is -2.38. The SMILES string of the molecule is C=CCc1cc(/C=C2/NC(=O)N(CC(=O)Nc3ccccc3F)C2=O)cc(OC)c1OCc1ccc(C)cc1. The predicted octanol–water partition coefficient (Wildman–Crippen LogP) is 4.98. The Morgan fingerprint density at radius 2 is 1.87 bits per heavy atom. The molecule has 0 spiro atoms. The molecule has 1 fully saturated rings. The fraction of sp³-hybridized carbons (Fsp3) is 0.167. The number of halogens is 1. The Morgan fingerprint density at radius 1 is 1.13 bits per heavy atom. The van der Waals surface area contributed by atoms with Gasteiger partial charge in [0.25, 0.3) is 5.91 Å². The minimum absolute atomic E-state index is 0.0152. The van der Waals surface area contributed by atoms with Crippen LogP contribution in [-0.4, -0.2) is 36.4 Å². The van der Waals surface area contributed by atoms with Gasteiger partial charge in [-0.25, -0.2) is 14.1 Å². The molecule has 4 amide bonds. The Bertz CT molecular complexity index is 1450. The normalized spacial score (nSPS) is 13.8. The summed E-state index contributed by atoms with van der Waals surface area (Å²) in [5.74, 6) is -1.03. The van der Waals surface area contributed by atoms with Gasteiger partial charge in [0.05, 0.1) is 12.8 Å². The molecule has 0 unspecified atom stereocenters. The number of allylic oxidation sites excluding steroid dienone is 1. The van der Waals surface area contributed by atoms with E-state index >= 15 is 0 Å². The first-order valence-corrected chi connectivity index (χ1v) is 12.2. The third kappa shape index (κ3) is 6.51. The molecule has 0 saturated carbocycles. The van der Waals surface area contributed by atoms with E-state index in [0.29, 0.717) is 30.1 Å². The summed E-state index contributed by atoms with van der Waals surface area (Å²) in [6.45, 7) is 5.59. The van der Waals surface area contributed by atoms with Crippen LogP contribution in [-0.2, 0) is 22.6 Å². The topological polar surface area (TPSA) is 97.0 Å². The van der Waals surface area contributed by atoms with Crippen molar-refractivity contribution in [3.63, 3.8) is 0 Å². The molecule has 3 aromatic carbocycles. The first-order valence-electron chi connectivity index (χ1n) is 12.2. The van der Waals surface area contributed by atoms with Gasteiger partial charge in [0.2, 0.25) is 5.91 Å². The Labute approximate surface area is 225 Å². The third-order valence-corrected chi connectivity index (χ3v) is 5.97. The molecule has 0 bridgehead atoms. The maximum Gasteiger partial charge on any atom is 0.329 e. The number of carbonyl (C=O) groups excluding carboxylic acids is 3. The lowest BCUT2D eigenvalue weighted by Gasteiger charge is -2.16. The number of nitrogens with zero attached hydrogens (tertiary/aromatic N) is 1. The monoisotopic (exact) mass is 529 g/mol. The van der Waals surface area contributed by atoms with Gasteiger partial charge in [-0.15, -0.1) is 6.58 Å². The second-order valence-electron chi connectivity index (χ2n) is 8.89. The molecule has 8 nitrogen and oxygen atoms in total. The van der Waals surface area contributed by atoms with Crippen LogP contribution in [0, 0.1) is 12.7 Å². The van der Waals surface area contributed by atoms with E-state index in [9.17, 15) is 18.8 Å². The van der Waals surface area contributed by atoms with Gasteiger partial charge in [-0.3, -0.25) is 9.59 Å². The lowest BCUT2D eigenvalue weighted by atomic mass is 10.0. The lowest BCUT2D eigenvalue weighted by molar-refractivity contribution is -0.127. The van der Waals surface area contributed by atoms with Crippen LogP contribution in [0.1, 0.15) is 22.3 Å². The highest BCUT2D eigenvalue weighted by atomic mass is 19.1. The highest BCUT2D eigenvalue weighted by molar-refractivity contribution is 6.16. The Hall–Kier alpha value is -4.92. The van der Waals surface area contributed by atoms with Crippen molar-refractivity contribution in [2.75, 3.05) is 19.0 Å². The van der Waals surface area contributed by atoms with Crippen LogP contribution >= 0.6 is 0 Å². The van der Waals surface area contributed by atoms with Crippen molar-refractivity contribution in [2.45, 2.75) is 20.0 Å². The van der Waals surface area contributed by atoms with Crippen LogP contribution in [0.5, 0.6) is 11.5 Å². The highest BCUT2D eigenvalue weighted by Crippen LogP contribution is 2.35. The van der Waals surface area contributed by atoms with Crippen LogP contribution in [0.25, 0.3) is 6.08 Å². The molecular weight excluding hydrogens is 501 g/mol. The number of carbonyl (C=O) groups is 3.